The molecule has 0 fully saturated rings. The summed E-state index contributed by atoms with van der Waals surface area (Å²) in [4.78, 5) is 28.2. The van der Waals surface area contributed by atoms with Crippen LogP contribution in [0.15, 0.2) is 42.5 Å². The molecule has 1 N–H and O–H groups in total. The van der Waals surface area contributed by atoms with E-state index in [0.29, 0.717) is 23.7 Å². The van der Waals surface area contributed by atoms with Gasteiger partial charge >= 0.3 is 0 Å². The molecule has 2 amide bonds. The van der Waals surface area contributed by atoms with E-state index < -0.39 is 28.5 Å². The molecule has 0 heterocycles. The predicted octanol–water partition coefficient (Wildman–Crippen LogP) is 4.30. The van der Waals surface area contributed by atoms with Crippen molar-refractivity contribution in [3.05, 3.63) is 64.2 Å². The van der Waals surface area contributed by atoms with Gasteiger partial charge in [-0.2, -0.15) is 0 Å². The van der Waals surface area contributed by atoms with Crippen molar-refractivity contribution in [3.63, 3.8) is 0 Å². The second-order valence-electron chi connectivity index (χ2n) is 9.28. The van der Waals surface area contributed by atoms with Crippen molar-refractivity contribution in [2.75, 3.05) is 23.7 Å². The zero-order chi connectivity index (χ0) is 26.3. The third-order valence-corrected chi connectivity index (χ3v) is 7.18. The number of nitrogens with one attached hydrogen (secondary N) is 1. The van der Waals surface area contributed by atoms with Gasteiger partial charge in [0.1, 0.15) is 12.6 Å². The minimum atomic E-state index is -3.80. The standard InChI is InChI=1S/C26H36ClN3O4S/c1-7-24(26(32)28-15-18(2)3)29(16-21-10-8-9-19(4)13-21)25(31)17-30(35(6,33)34)22-12-11-20(5)23(27)14-22/h8-14,18,24H,7,15-17H2,1-6H3,(H,28,32). The summed E-state index contributed by atoms with van der Waals surface area (Å²) < 4.78 is 26.4. The Morgan fingerprint density at radius 3 is 2.31 bits per heavy atom. The highest BCUT2D eigenvalue weighted by molar-refractivity contribution is 7.92. The van der Waals surface area contributed by atoms with E-state index in [1.165, 1.54) is 11.0 Å². The minimum absolute atomic E-state index is 0.181. The van der Waals surface area contributed by atoms with E-state index in [9.17, 15) is 18.0 Å². The number of sulfonamides is 1. The van der Waals surface area contributed by atoms with Gasteiger partial charge in [0, 0.05) is 18.1 Å². The highest BCUT2D eigenvalue weighted by Crippen LogP contribution is 2.25. The summed E-state index contributed by atoms with van der Waals surface area (Å²) >= 11 is 6.23. The Bertz CT molecular complexity index is 1150. The highest BCUT2D eigenvalue weighted by Gasteiger charge is 2.31. The fourth-order valence-electron chi connectivity index (χ4n) is 3.70. The number of benzene rings is 2. The molecule has 0 aliphatic rings. The first-order chi connectivity index (χ1) is 16.3. The normalized spacial score (nSPS) is 12.3. The van der Waals surface area contributed by atoms with Gasteiger partial charge in [0.05, 0.1) is 11.9 Å². The predicted molar refractivity (Wildman–Crippen MR) is 142 cm³/mol. The van der Waals surface area contributed by atoms with Gasteiger partial charge in [-0.1, -0.05) is 68.3 Å². The number of aryl methyl sites for hydroxylation is 2. The van der Waals surface area contributed by atoms with Crippen LogP contribution in [-0.2, 0) is 26.2 Å². The third-order valence-electron chi connectivity index (χ3n) is 5.63. The summed E-state index contributed by atoms with van der Waals surface area (Å²) in [6.07, 6.45) is 1.43. The Hall–Kier alpha value is -2.58. The third kappa shape index (κ3) is 8.25. The van der Waals surface area contributed by atoms with Crippen LogP contribution in [-0.4, -0.2) is 50.5 Å². The monoisotopic (exact) mass is 521 g/mol. The first-order valence-corrected chi connectivity index (χ1v) is 13.9. The lowest BCUT2D eigenvalue weighted by atomic mass is 10.1. The average molecular weight is 522 g/mol. The molecule has 2 aromatic carbocycles. The number of anilines is 1. The molecule has 0 saturated carbocycles. The molecule has 0 aromatic heterocycles. The summed E-state index contributed by atoms with van der Waals surface area (Å²) in [5.74, 6) is -0.476. The number of carbonyl (C=O) groups is 2. The molecule has 192 valence electrons. The number of halogens is 1. The number of hydrogen-bond acceptors (Lipinski definition) is 4. The van der Waals surface area contributed by atoms with Crippen molar-refractivity contribution in [1.29, 1.82) is 0 Å². The van der Waals surface area contributed by atoms with Crippen LogP contribution in [0.4, 0.5) is 5.69 Å². The molecule has 0 aliphatic heterocycles. The SMILES string of the molecule is CCC(C(=O)NCC(C)C)N(Cc1cccc(C)c1)C(=O)CN(c1ccc(C)c(Cl)c1)S(C)(=O)=O. The Kier molecular flexibility index (Phi) is 10.2. The fourth-order valence-corrected chi connectivity index (χ4v) is 4.72. The summed E-state index contributed by atoms with van der Waals surface area (Å²) in [5.41, 5.74) is 2.98. The maximum absolute atomic E-state index is 13.7. The van der Waals surface area contributed by atoms with Crippen LogP contribution in [0, 0.1) is 19.8 Å². The molecule has 9 heteroatoms. The van der Waals surface area contributed by atoms with E-state index in [1.807, 2.05) is 58.9 Å². The Morgan fingerprint density at radius 1 is 1.09 bits per heavy atom. The number of hydrogen-bond donors (Lipinski definition) is 1. The van der Waals surface area contributed by atoms with Crippen LogP contribution in [0.1, 0.15) is 43.9 Å². The van der Waals surface area contributed by atoms with Crippen molar-refractivity contribution in [3.8, 4) is 0 Å². The van der Waals surface area contributed by atoms with Crippen LogP contribution in [0.5, 0.6) is 0 Å². The lowest BCUT2D eigenvalue weighted by Crippen LogP contribution is -2.52. The van der Waals surface area contributed by atoms with Crippen molar-refractivity contribution in [2.45, 2.75) is 53.6 Å². The van der Waals surface area contributed by atoms with Crippen molar-refractivity contribution >= 4 is 39.1 Å². The van der Waals surface area contributed by atoms with Crippen LogP contribution in [0.2, 0.25) is 5.02 Å². The lowest BCUT2D eigenvalue weighted by molar-refractivity contribution is -0.140. The molecule has 0 bridgehead atoms. The van der Waals surface area contributed by atoms with E-state index in [2.05, 4.69) is 5.32 Å². The first-order valence-electron chi connectivity index (χ1n) is 11.7. The molecule has 0 radical (unpaired) electrons. The molecule has 0 spiro atoms. The summed E-state index contributed by atoms with van der Waals surface area (Å²) in [7, 11) is -3.80. The van der Waals surface area contributed by atoms with Gasteiger partial charge in [-0.3, -0.25) is 13.9 Å². The Labute approximate surface area is 214 Å². The minimum Gasteiger partial charge on any atom is -0.354 e. The van der Waals surface area contributed by atoms with E-state index in [0.717, 1.165) is 27.3 Å². The first kappa shape index (κ1) is 28.7. The van der Waals surface area contributed by atoms with E-state index in [1.54, 1.807) is 12.1 Å². The van der Waals surface area contributed by atoms with Gasteiger partial charge in [-0.15, -0.1) is 0 Å². The average Bonchev–Trinajstić information content (AvgIpc) is 2.77. The van der Waals surface area contributed by atoms with Crippen molar-refractivity contribution < 1.29 is 18.0 Å². The number of nitrogens with zero attached hydrogens (tertiary/aromatic N) is 2. The van der Waals surface area contributed by atoms with Gasteiger partial charge in [0.15, 0.2) is 0 Å². The van der Waals surface area contributed by atoms with Gasteiger partial charge in [0.25, 0.3) is 0 Å². The zero-order valence-corrected chi connectivity index (χ0v) is 22.9. The molecule has 2 rings (SSSR count). The van der Waals surface area contributed by atoms with Crippen LogP contribution in [0.25, 0.3) is 0 Å². The summed E-state index contributed by atoms with van der Waals surface area (Å²) in [6, 6.07) is 11.8. The lowest BCUT2D eigenvalue weighted by Gasteiger charge is -2.33. The van der Waals surface area contributed by atoms with Crippen molar-refractivity contribution in [1.82, 2.24) is 10.2 Å². The van der Waals surface area contributed by atoms with E-state index in [-0.39, 0.29) is 18.4 Å². The number of rotatable bonds is 11. The molecule has 1 unspecified atom stereocenters. The van der Waals surface area contributed by atoms with Crippen LogP contribution < -0.4 is 9.62 Å². The second-order valence-corrected chi connectivity index (χ2v) is 11.6. The summed E-state index contributed by atoms with van der Waals surface area (Å²) in [6.45, 7) is 9.81. The molecular formula is C26H36ClN3O4S. The smallest absolute Gasteiger partial charge is 0.244 e. The molecule has 7 nitrogen and oxygen atoms in total. The second kappa shape index (κ2) is 12.4. The van der Waals surface area contributed by atoms with E-state index in [4.69, 9.17) is 11.6 Å². The van der Waals surface area contributed by atoms with Crippen LogP contribution >= 0.6 is 11.6 Å². The van der Waals surface area contributed by atoms with Crippen LogP contribution in [0.3, 0.4) is 0 Å². The topological polar surface area (TPSA) is 86.8 Å². The Morgan fingerprint density at radius 2 is 1.77 bits per heavy atom. The number of carbonyl (C=O) groups excluding carboxylic acids is 2. The van der Waals surface area contributed by atoms with Gasteiger partial charge < -0.3 is 10.2 Å². The molecule has 0 aliphatic carbocycles. The molecule has 0 saturated heterocycles. The largest absolute Gasteiger partial charge is 0.354 e. The Balaban J connectivity index is 2.44. The highest BCUT2D eigenvalue weighted by atomic mass is 35.5. The van der Waals surface area contributed by atoms with Gasteiger partial charge in [0.2, 0.25) is 21.8 Å². The number of amides is 2. The maximum Gasteiger partial charge on any atom is 0.244 e. The quantitative estimate of drug-likeness (QED) is 0.477. The van der Waals surface area contributed by atoms with E-state index >= 15 is 0 Å². The van der Waals surface area contributed by atoms with Gasteiger partial charge in [-0.05, 0) is 49.4 Å². The zero-order valence-electron chi connectivity index (χ0n) is 21.3. The molecule has 2 aromatic rings. The molecular weight excluding hydrogens is 486 g/mol. The van der Waals surface area contributed by atoms with Crippen molar-refractivity contribution in [2.24, 2.45) is 5.92 Å². The van der Waals surface area contributed by atoms with Gasteiger partial charge in [-0.25, -0.2) is 8.42 Å². The molecule has 35 heavy (non-hydrogen) atoms. The fraction of sp³-hybridized carbons (Fsp3) is 0.462. The molecule has 1 atom stereocenters. The maximum atomic E-state index is 13.7. The summed E-state index contributed by atoms with van der Waals surface area (Å²) in [5, 5.41) is 3.31.